The van der Waals surface area contributed by atoms with Gasteiger partial charge in [0.15, 0.2) is 0 Å². The maximum atomic E-state index is 12.4. The molecule has 0 N–H and O–H groups in total. The molecule has 3 aromatic carbocycles. The fourth-order valence-corrected chi connectivity index (χ4v) is 3.66. The van der Waals surface area contributed by atoms with E-state index in [4.69, 9.17) is 9.57 Å². The molecule has 5 rings (SSSR count). The number of hydrogen-bond donors (Lipinski definition) is 0. The van der Waals surface area contributed by atoms with Crippen LogP contribution in [0.25, 0.3) is 17.3 Å². The van der Waals surface area contributed by atoms with Crippen LogP contribution in [0.5, 0.6) is 5.75 Å². The van der Waals surface area contributed by atoms with Gasteiger partial charge in [0, 0.05) is 29.5 Å². The first kappa shape index (κ1) is 22.7. The number of aromatic nitrogens is 1. The third-order valence-corrected chi connectivity index (χ3v) is 5.56. The van der Waals surface area contributed by atoms with Gasteiger partial charge in [0.25, 0.3) is 5.69 Å². The third kappa shape index (κ3) is 5.02. The van der Waals surface area contributed by atoms with Gasteiger partial charge >= 0.3 is 5.97 Å². The van der Waals surface area contributed by atoms with E-state index in [2.05, 4.69) is 10.1 Å². The maximum Gasteiger partial charge on any atom is 0.368 e. The van der Waals surface area contributed by atoms with E-state index in [1.165, 1.54) is 12.1 Å². The highest BCUT2D eigenvalue weighted by atomic mass is 16.7. The molecule has 0 radical (unpaired) electrons. The highest BCUT2D eigenvalue weighted by Crippen LogP contribution is 2.24. The Bertz CT molecular complexity index is 1460. The van der Waals surface area contributed by atoms with Crippen LogP contribution in [-0.2, 0) is 16.2 Å². The molecule has 36 heavy (non-hydrogen) atoms. The molecule has 0 saturated carbocycles. The number of oxime groups is 1. The molecule has 1 aliphatic heterocycles. The van der Waals surface area contributed by atoms with E-state index in [1.807, 2.05) is 54.6 Å². The predicted octanol–water partition coefficient (Wildman–Crippen LogP) is 5.58. The summed E-state index contributed by atoms with van der Waals surface area (Å²) in [5, 5.41) is 14.7. The fourth-order valence-electron chi connectivity index (χ4n) is 3.66. The van der Waals surface area contributed by atoms with Crippen molar-refractivity contribution in [2.45, 2.75) is 6.61 Å². The summed E-state index contributed by atoms with van der Waals surface area (Å²) >= 11 is 0. The van der Waals surface area contributed by atoms with Crippen molar-refractivity contribution in [3.8, 4) is 17.0 Å². The molecular weight excluding hydrogens is 458 g/mol. The lowest BCUT2D eigenvalue weighted by Crippen LogP contribution is -2.06. The second kappa shape index (κ2) is 10.0. The van der Waals surface area contributed by atoms with Crippen molar-refractivity contribution in [1.29, 1.82) is 0 Å². The van der Waals surface area contributed by atoms with Crippen LogP contribution in [0.15, 0.2) is 108 Å². The highest BCUT2D eigenvalue weighted by molar-refractivity contribution is 6.31. The maximum absolute atomic E-state index is 12.4. The monoisotopic (exact) mass is 477 g/mol. The van der Waals surface area contributed by atoms with Gasteiger partial charge in [0.1, 0.15) is 18.1 Å². The first-order valence-electron chi connectivity index (χ1n) is 11.1. The molecule has 176 valence electrons. The minimum Gasteiger partial charge on any atom is -0.489 e. The Morgan fingerprint density at radius 1 is 0.889 bits per heavy atom. The van der Waals surface area contributed by atoms with E-state index < -0.39 is 10.9 Å². The van der Waals surface area contributed by atoms with Gasteiger partial charge in [-0.2, -0.15) is 0 Å². The van der Waals surface area contributed by atoms with Crippen molar-refractivity contribution in [2.75, 3.05) is 0 Å². The van der Waals surface area contributed by atoms with Crippen LogP contribution < -0.4 is 4.74 Å². The zero-order chi connectivity index (χ0) is 24.9. The van der Waals surface area contributed by atoms with E-state index in [1.54, 1.807) is 36.5 Å². The zero-order valence-corrected chi connectivity index (χ0v) is 18.9. The van der Waals surface area contributed by atoms with Crippen molar-refractivity contribution < 1.29 is 19.3 Å². The summed E-state index contributed by atoms with van der Waals surface area (Å²) in [7, 11) is 0. The summed E-state index contributed by atoms with van der Waals surface area (Å²) in [6.07, 6.45) is 3.46. The lowest BCUT2D eigenvalue weighted by Gasteiger charge is -2.07. The van der Waals surface area contributed by atoms with Crippen LogP contribution in [0.1, 0.15) is 16.7 Å². The van der Waals surface area contributed by atoms with Gasteiger partial charge in [-0.1, -0.05) is 47.6 Å². The van der Waals surface area contributed by atoms with Gasteiger partial charge in [-0.3, -0.25) is 15.1 Å². The molecule has 0 spiro atoms. The summed E-state index contributed by atoms with van der Waals surface area (Å²) in [6, 6.07) is 26.8. The quantitative estimate of drug-likeness (QED) is 0.149. The first-order valence-corrected chi connectivity index (χ1v) is 11.1. The van der Waals surface area contributed by atoms with E-state index in [0.717, 1.165) is 27.9 Å². The number of pyridine rings is 1. The van der Waals surface area contributed by atoms with Crippen molar-refractivity contribution in [1.82, 2.24) is 4.98 Å². The van der Waals surface area contributed by atoms with Crippen molar-refractivity contribution >= 4 is 23.4 Å². The number of ether oxygens (including phenoxy) is 1. The fraction of sp³-hybridized carbons (Fsp3) is 0.0357. The summed E-state index contributed by atoms with van der Waals surface area (Å²) < 4.78 is 5.77. The predicted molar refractivity (Wildman–Crippen MR) is 134 cm³/mol. The van der Waals surface area contributed by atoms with Crippen molar-refractivity contribution in [2.24, 2.45) is 5.16 Å². The van der Waals surface area contributed by atoms with E-state index in [-0.39, 0.29) is 12.3 Å². The summed E-state index contributed by atoms with van der Waals surface area (Å²) in [4.78, 5) is 32.0. The van der Waals surface area contributed by atoms with Crippen LogP contribution in [0, 0.1) is 10.1 Å². The van der Waals surface area contributed by atoms with Crippen LogP contribution >= 0.6 is 0 Å². The normalized spacial score (nSPS) is 13.8. The number of nitro groups is 1. The Balaban J connectivity index is 1.28. The number of carbonyl (C=O) groups is 1. The molecule has 4 aromatic rings. The standard InChI is InChI=1S/C28H19N3O5/c32-28-25(27(30-36-28)22-10-8-21(9-11-22)26-3-1-2-16-29-26)17-19-6-14-24(15-7-19)35-18-20-4-12-23(13-5-20)31(33)34/h1-17H,18H2/b25-17-. The second-order valence-corrected chi connectivity index (χ2v) is 7.95. The second-order valence-electron chi connectivity index (χ2n) is 7.95. The first-order chi connectivity index (χ1) is 17.6. The molecule has 1 aromatic heterocycles. The lowest BCUT2D eigenvalue weighted by molar-refractivity contribution is -0.384. The number of carbonyl (C=O) groups excluding carboxylic acids is 1. The topological polar surface area (TPSA) is 104 Å². The average molecular weight is 477 g/mol. The average Bonchev–Trinajstić information content (AvgIpc) is 3.28. The number of nitrogens with zero attached hydrogens (tertiary/aromatic N) is 3. The van der Waals surface area contributed by atoms with Gasteiger partial charge in [0.05, 0.1) is 16.2 Å². The molecule has 0 fully saturated rings. The Labute approximate surface area is 206 Å². The summed E-state index contributed by atoms with van der Waals surface area (Å²) in [6.45, 7) is 0.274. The van der Waals surface area contributed by atoms with Gasteiger partial charge in [0.2, 0.25) is 0 Å². The number of nitro benzene ring substituents is 1. The molecule has 8 nitrogen and oxygen atoms in total. The summed E-state index contributed by atoms with van der Waals surface area (Å²) in [5.74, 6) is 0.112. The molecule has 8 heteroatoms. The van der Waals surface area contributed by atoms with Gasteiger partial charge in [-0.05, 0) is 53.6 Å². The molecule has 0 bridgehead atoms. The van der Waals surface area contributed by atoms with Crippen molar-refractivity contribution in [3.05, 3.63) is 130 Å². The van der Waals surface area contributed by atoms with E-state index in [0.29, 0.717) is 17.0 Å². The van der Waals surface area contributed by atoms with E-state index in [9.17, 15) is 14.9 Å². The van der Waals surface area contributed by atoms with Crippen LogP contribution in [0.4, 0.5) is 5.69 Å². The lowest BCUT2D eigenvalue weighted by atomic mass is 9.99. The molecule has 2 heterocycles. The molecule has 0 unspecified atom stereocenters. The largest absolute Gasteiger partial charge is 0.489 e. The smallest absolute Gasteiger partial charge is 0.368 e. The number of non-ortho nitro benzene ring substituents is 1. The zero-order valence-electron chi connectivity index (χ0n) is 18.9. The minimum atomic E-state index is -0.516. The number of benzene rings is 3. The minimum absolute atomic E-state index is 0.0358. The molecule has 0 atom stereocenters. The van der Waals surface area contributed by atoms with Gasteiger partial charge in [-0.15, -0.1) is 0 Å². The van der Waals surface area contributed by atoms with Crippen LogP contribution in [-0.4, -0.2) is 21.6 Å². The van der Waals surface area contributed by atoms with Crippen LogP contribution in [0.2, 0.25) is 0 Å². The molecule has 0 saturated heterocycles. The summed E-state index contributed by atoms with van der Waals surface area (Å²) in [5.41, 5.74) is 5.03. The molecule has 0 aliphatic carbocycles. The molecular formula is C28H19N3O5. The molecule has 0 amide bonds. The highest BCUT2D eigenvalue weighted by Gasteiger charge is 2.26. The number of hydrogen-bond acceptors (Lipinski definition) is 7. The van der Waals surface area contributed by atoms with Crippen LogP contribution in [0.3, 0.4) is 0 Å². The molecule has 1 aliphatic rings. The third-order valence-electron chi connectivity index (χ3n) is 5.56. The van der Waals surface area contributed by atoms with Gasteiger partial charge in [-0.25, -0.2) is 4.79 Å². The van der Waals surface area contributed by atoms with Crippen molar-refractivity contribution in [3.63, 3.8) is 0 Å². The SMILES string of the molecule is O=C1ON=C(c2ccc(-c3ccccn3)cc2)/C1=C/c1ccc(OCc2ccc([N+](=O)[O-])cc2)cc1. The Morgan fingerprint density at radius 3 is 2.28 bits per heavy atom. The Morgan fingerprint density at radius 2 is 1.61 bits per heavy atom. The number of rotatable bonds is 7. The van der Waals surface area contributed by atoms with Gasteiger partial charge < -0.3 is 9.57 Å². The Kier molecular flexibility index (Phi) is 6.31. The van der Waals surface area contributed by atoms with E-state index >= 15 is 0 Å². The Hall–Kier alpha value is -5.11.